The van der Waals surface area contributed by atoms with Crippen molar-refractivity contribution in [3.05, 3.63) is 23.9 Å². The molecule has 0 spiro atoms. The fourth-order valence-corrected chi connectivity index (χ4v) is 3.99. The Bertz CT molecular complexity index is 604. The molecule has 0 unspecified atom stereocenters. The molecule has 2 N–H and O–H groups in total. The van der Waals surface area contributed by atoms with Crippen molar-refractivity contribution in [2.24, 2.45) is 5.92 Å². The minimum absolute atomic E-state index is 0.103. The quantitative estimate of drug-likeness (QED) is 0.881. The summed E-state index contributed by atoms with van der Waals surface area (Å²) in [5, 5.41) is 5.40. The molecule has 2 aliphatic rings. The Balaban J connectivity index is 1.72. The second kappa shape index (κ2) is 6.56. The van der Waals surface area contributed by atoms with Gasteiger partial charge in [-0.15, -0.1) is 0 Å². The van der Waals surface area contributed by atoms with E-state index in [0.717, 1.165) is 12.8 Å². The number of nitrogens with one attached hydrogen (secondary N) is 2. The fraction of sp³-hybridized carbons (Fsp3) is 0.588. The van der Waals surface area contributed by atoms with Gasteiger partial charge in [-0.3, -0.25) is 10.1 Å². The van der Waals surface area contributed by atoms with Gasteiger partial charge in [0.05, 0.1) is 0 Å². The third-order valence-corrected chi connectivity index (χ3v) is 5.02. The van der Waals surface area contributed by atoms with Gasteiger partial charge in [0.1, 0.15) is 11.5 Å². The average molecular weight is 316 g/mol. The van der Waals surface area contributed by atoms with Crippen LogP contribution in [-0.2, 0) is 0 Å². The normalized spacial score (nSPS) is 26.5. The number of nitrogens with zero attached hydrogens (tertiary/aromatic N) is 2. The zero-order valence-electron chi connectivity index (χ0n) is 13.7. The molecule has 3 rings (SSSR count). The summed E-state index contributed by atoms with van der Waals surface area (Å²) in [5.74, 6) is 0.792. The van der Waals surface area contributed by atoms with E-state index in [1.165, 1.54) is 19.3 Å². The number of amides is 3. The summed E-state index contributed by atoms with van der Waals surface area (Å²) >= 11 is 0. The molecule has 3 atom stereocenters. The van der Waals surface area contributed by atoms with Crippen LogP contribution in [0.25, 0.3) is 0 Å². The van der Waals surface area contributed by atoms with Crippen LogP contribution >= 0.6 is 0 Å². The maximum absolute atomic E-state index is 12.7. The van der Waals surface area contributed by atoms with Crippen LogP contribution in [0.3, 0.4) is 0 Å². The first-order chi connectivity index (χ1) is 11.1. The van der Waals surface area contributed by atoms with Crippen LogP contribution in [0.4, 0.5) is 10.6 Å². The van der Waals surface area contributed by atoms with Crippen LogP contribution in [0.2, 0.25) is 0 Å². The van der Waals surface area contributed by atoms with Gasteiger partial charge in [-0.2, -0.15) is 0 Å². The SMILES string of the molecule is CNC(=O)c1cccc(NC(=O)N2[C@H](C)C[C@@H]3CCCC[C@@H]32)n1. The van der Waals surface area contributed by atoms with E-state index in [9.17, 15) is 9.59 Å². The largest absolute Gasteiger partial charge is 0.354 e. The van der Waals surface area contributed by atoms with E-state index in [-0.39, 0.29) is 18.0 Å². The minimum atomic E-state index is -0.261. The van der Waals surface area contributed by atoms with Crippen molar-refractivity contribution in [1.82, 2.24) is 15.2 Å². The van der Waals surface area contributed by atoms with E-state index in [1.807, 2.05) is 4.90 Å². The Kier molecular flexibility index (Phi) is 4.50. The van der Waals surface area contributed by atoms with Gasteiger partial charge in [0.25, 0.3) is 5.91 Å². The van der Waals surface area contributed by atoms with Gasteiger partial charge in [-0.1, -0.05) is 18.9 Å². The number of rotatable bonds is 2. The van der Waals surface area contributed by atoms with Crippen molar-refractivity contribution in [3.8, 4) is 0 Å². The van der Waals surface area contributed by atoms with Gasteiger partial charge in [0.2, 0.25) is 0 Å². The number of aromatic nitrogens is 1. The molecule has 124 valence electrons. The second-order valence-corrected chi connectivity index (χ2v) is 6.52. The zero-order valence-corrected chi connectivity index (χ0v) is 13.7. The standard InChI is InChI=1S/C17H24N4O2/c1-11-10-12-6-3-4-8-14(12)21(11)17(23)20-15-9-5-7-13(19-15)16(22)18-2/h5,7,9,11-12,14H,3-4,6,8,10H2,1-2H3,(H,18,22)(H,19,20,23)/t11-,12+,14+/m1/s1. The predicted octanol–water partition coefficient (Wildman–Crippen LogP) is 2.63. The number of pyridine rings is 1. The van der Waals surface area contributed by atoms with Crippen LogP contribution in [-0.4, -0.2) is 41.0 Å². The number of anilines is 1. The first kappa shape index (κ1) is 15.8. The van der Waals surface area contributed by atoms with Crippen molar-refractivity contribution < 1.29 is 9.59 Å². The lowest BCUT2D eigenvalue weighted by molar-refractivity contribution is 0.0958. The number of hydrogen-bond acceptors (Lipinski definition) is 3. The number of carbonyl (C=O) groups excluding carboxylic acids is 2. The first-order valence-corrected chi connectivity index (χ1v) is 8.38. The van der Waals surface area contributed by atoms with E-state index in [2.05, 4.69) is 22.5 Å². The number of hydrogen-bond donors (Lipinski definition) is 2. The summed E-state index contributed by atoms with van der Waals surface area (Å²) in [7, 11) is 1.56. The lowest BCUT2D eigenvalue weighted by Gasteiger charge is -2.33. The summed E-state index contributed by atoms with van der Waals surface area (Å²) in [4.78, 5) is 30.6. The van der Waals surface area contributed by atoms with Gasteiger partial charge in [-0.25, -0.2) is 9.78 Å². The van der Waals surface area contributed by atoms with Gasteiger partial charge in [0.15, 0.2) is 0 Å². The Morgan fingerprint density at radius 1 is 1.26 bits per heavy atom. The minimum Gasteiger partial charge on any atom is -0.354 e. The molecule has 2 fully saturated rings. The molecule has 0 radical (unpaired) electrons. The van der Waals surface area contributed by atoms with Crippen LogP contribution < -0.4 is 10.6 Å². The van der Waals surface area contributed by atoms with Gasteiger partial charge < -0.3 is 10.2 Å². The molecule has 2 heterocycles. The molecule has 0 bridgehead atoms. The highest BCUT2D eigenvalue weighted by atomic mass is 16.2. The Morgan fingerprint density at radius 3 is 2.83 bits per heavy atom. The number of urea groups is 1. The molecule has 0 aromatic carbocycles. The summed E-state index contributed by atoms with van der Waals surface area (Å²) in [6, 6.07) is 5.57. The number of likely N-dealkylation sites (tertiary alicyclic amines) is 1. The van der Waals surface area contributed by atoms with Gasteiger partial charge in [0, 0.05) is 19.1 Å². The molecule has 1 aliphatic carbocycles. The number of carbonyl (C=O) groups is 2. The maximum atomic E-state index is 12.7. The highest BCUT2D eigenvalue weighted by Gasteiger charge is 2.42. The molecule has 6 heteroatoms. The maximum Gasteiger partial charge on any atom is 0.323 e. The van der Waals surface area contributed by atoms with Gasteiger partial charge in [-0.05, 0) is 44.2 Å². The van der Waals surface area contributed by atoms with Crippen molar-refractivity contribution in [1.29, 1.82) is 0 Å². The monoisotopic (exact) mass is 316 g/mol. The molecule has 1 aromatic rings. The van der Waals surface area contributed by atoms with Crippen molar-refractivity contribution in [3.63, 3.8) is 0 Å². The fourth-order valence-electron chi connectivity index (χ4n) is 3.99. The third-order valence-electron chi connectivity index (χ3n) is 5.02. The van der Waals surface area contributed by atoms with E-state index in [1.54, 1.807) is 25.2 Å². The molecular weight excluding hydrogens is 292 g/mol. The molecular formula is C17H24N4O2. The highest BCUT2D eigenvalue weighted by molar-refractivity contribution is 5.93. The lowest BCUT2D eigenvalue weighted by atomic mass is 9.85. The summed E-state index contributed by atoms with van der Waals surface area (Å²) in [6.07, 6.45) is 5.88. The smallest absolute Gasteiger partial charge is 0.323 e. The second-order valence-electron chi connectivity index (χ2n) is 6.52. The van der Waals surface area contributed by atoms with Gasteiger partial charge >= 0.3 is 6.03 Å². The first-order valence-electron chi connectivity index (χ1n) is 8.38. The Hall–Kier alpha value is -2.11. The molecule has 6 nitrogen and oxygen atoms in total. The lowest BCUT2D eigenvalue weighted by Crippen LogP contribution is -2.44. The average Bonchev–Trinajstić information content (AvgIpc) is 2.90. The van der Waals surface area contributed by atoms with Crippen molar-refractivity contribution >= 4 is 17.8 Å². The molecule has 1 saturated carbocycles. The van der Waals surface area contributed by atoms with Crippen molar-refractivity contribution in [2.45, 2.75) is 51.1 Å². The van der Waals surface area contributed by atoms with Crippen LogP contribution in [0.1, 0.15) is 49.5 Å². The summed E-state index contributed by atoms with van der Waals surface area (Å²) < 4.78 is 0. The zero-order chi connectivity index (χ0) is 16.4. The Morgan fingerprint density at radius 2 is 2.04 bits per heavy atom. The molecule has 3 amide bonds. The topological polar surface area (TPSA) is 74.3 Å². The van der Waals surface area contributed by atoms with Crippen molar-refractivity contribution in [2.75, 3.05) is 12.4 Å². The van der Waals surface area contributed by atoms with Crippen LogP contribution in [0.15, 0.2) is 18.2 Å². The summed E-state index contributed by atoms with van der Waals surface area (Å²) in [5.41, 5.74) is 0.301. The number of fused-ring (bicyclic) bond motifs is 1. The van der Waals surface area contributed by atoms with E-state index in [4.69, 9.17) is 0 Å². The third kappa shape index (κ3) is 3.16. The molecule has 1 aliphatic heterocycles. The van der Waals surface area contributed by atoms with E-state index >= 15 is 0 Å². The molecule has 1 saturated heterocycles. The highest BCUT2D eigenvalue weighted by Crippen LogP contribution is 2.39. The van der Waals surface area contributed by atoms with E-state index < -0.39 is 0 Å². The Labute approximate surface area is 136 Å². The molecule has 1 aromatic heterocycles. The van der Waals surface area contributed by atoms with Crippen LogP contribution in [0, 0.1) is 5.92 Å². The van der Waals surface area contributed by atoms with Crippen LogP contribution in [0.5, 0.6) is 0 Å². The predicted molar refractivity (Wildman–Crippen MR) is 88.3 cm³/mol. The summed E-state index contributed by atoms with van der Waals surface area (Å²) in [6.45, 7) is 2.12. The van der Waals surface area contributed by atoms with E-state index in [0.29, 0.717) is 23.5 Å². The molecule has 23 heavy (non-hydrogen) atoms.